The summed E-state index contributed by atoms with van der Waals surface area (Å²) >= 11 is 0. The van der Waals surface area contributed by atoms with Gasteiger partial charge in [0, 0.05) is 13.0 Å². The molecule has 1 aromatic rings. The highest BCUT2D eigenvalue weighted by molar-refractivity contribution is 6.01. The van der Waals surface area contributed by atoms with E-state index in [1.807, 2.05) is 25.1 Å². The number of hydrogen-bond acceptors (Lipinski definition) is 6. The minimum absolute atomic E-state index is 0.138. The van der Waals surface area contributed by atoms with E-state index in [0.29, 0.717) is 23.7 Å². The van der Waals surface area contributed by atoms with Crippen LogP contribution >= 0.6 is 0 Å². The van der Waals surface area contributed by atoms with E-state index in [2.05, 4.69) is 6.58 Å². The van der Waals surface area contributed by atoms with E-state index in [0.717, 1.165) is 5.56 Å². The first kappa shape index (κ1) is 18.1. The Morgan fingerprint density at radius 2 is 2.07 bits per heavy atom. The number of hydrogen-bond donors (Lipinski definition) is 1. The zero-order chi connectivity index (χ0) is 19.4. The molecular formula is C21H24O6. The van der Waals surface area contributed by atoms with Crippen molar-refractivity contribution in [3.8, 4) is 11.5 Å². The van der Waals surface area contributed by atoms with Gasteiger partial charge in [0.25, 0.3) is 0 Å². The summed E-state index contributed by atoms with van der Waals surface area (Å²) in [7, 11) is 2.96. The molecule has 0 spiro atoms. The lowest BCUT2D eigenvalue weighted by Gasteiger charge is -2.40. The van der Waals surface area contributed by atoms with Crippen molar-refractivity contribution in [3.05, 3.63) is 48.3 Å². The van der Waals surface area contributed by atoms with E-state index in [1.165, 1.54) is 14.2 Å². The number of aliphatic hydroxyl groups excluding tert-OH is 1. The SMILES string of the molecule is C=CC[C@]12C=C(OC)[C@H](O)[C@](OC)(C1=O)[C@@H](c1ccc3c(c1)OCO3)[C@@H]2C. The van der Waals surface area contributed by atoms with Crippen LogP contribution in [0, 0.1) is 11.3 Å². The lowest BCUT2D eigenvalue weighted by molar-refractivity contribution is -0.161. The number of ether oxygens (including phenoxy) is 4. The summed E-state index contributed by atoms with van der Waals surface area (Å²) < 4.78 is 22.2. The summed E-state index contributed by atoms with van der Waals surface area (Å²) in [5, 5.41) is 11.1. The molecule has 1 aromatic carbocycles. The fraction of sp³-hybridized carbons (Fsp3) is 0.476. The van der Waals surface area contributed by atoms with Crippen LogP contribution in [0.25, 0.3) is 0 Å². The van der Waals surface area contributed by atoms with Gasteiger partial charge < -0.3 is 24.1 Å². The van der Waals surface area contributed by atoms with Crippen molar-refractivity contribution in [2.75, 3.05) is 21.0 Å². The Morgan fingerprint density at radius 3 is 2.74 bits per heavy atom. The Hall–Kier alpha value is -2.31. The highest BCUT2D eigenvalue weighted by atomic mass is 16.7. The van der Waals surface area contributed by atoms with Gasteiger partial charge in [-0.25, -0.2) is 0 Å². The molecule has 2 bridgehead atoms. The first-order valence-electron chi connectivity index (χ1n) is 9.01. The minimum Gasteiger partial charge on any atom is -0.499 e. The summed E-state index contributed by atoms with van der Waals surface area (Å²) in [6.45, 7) is 6.02. The van der Waals surface area contributed by atoms with Gasteiger partial charge in [0.05, 0.1) is 12.5 Å². The van der Waals surface area contributed by atoms with Crippen LogP contribution in [0.3, 0.4) is 0 Å². The third-order valence-corrected chi connectivity index (χ3v) is 6.44. The van der Waals surface area contributed by atoms with Crippen LogP contribution in [-0.2, 0) is 14.3 Å². The summed E-state index contributed by atoms with van der Waals surface area (Å²) in [4.78, 5) is 13.7. The normalized spacial score (nSPS) is 36.5. The average molecular weight is 372 g/mol. The molecule has 0 amide bonds. The summed E-state index contributed by atoms with van der Waals surface area (Å²) in [5.41, 5.74) is -1.42. The molecule has 1 aliphatic heterocycles. The number of Topliss-reactive ketones (excluding diaryl/α,β-unsaturated/α-hetero) is 1. The third-order valence-electron chi connectivity index (χ3n) is 6.44. The van der Waals surface area contributed by atoms with Crippen LogP contribution < -0.4 is 9.47 Å². The summed E-state index contributed by atoms with van der Waals surface area (Å²) in [5.74, 6) is 0.984. The number of allylic oxidation sites excluding steroid dienone is 2. The number of carbonyl (C=O) groups excluding carboxylic acids is 1. The van der Waals surface area contributed by atoms with Crippen LogP contribution in [0.4, 0.5) is 0 Å². The first-order valence-corrected chi connectivity index (χ1v) is 9.01. The van der Waals surface area contributed by atoms with Crippen molar-refractivity contribution in [3.63, 3.8) is 0 Å². The molecule has 0 saturated heterocycles. The molecule has 1 N–H and O–H groups in total. The maximum atomic E-state index is 13.7. The second kappa shape index (κ2) is 6.11. The number of fused-ring (bicyclic) bond motifs is 3. The van der Waals surface area contributed by atoms with Gasteiger partial charge in [-0.05, 0) is 36.1 Å². The molecule has 1 saturated carbocycles. The minimum atomic E-state index is -1.43. The molecule has 2 aliphatic carbocycles. The molecule has 27 heavy (non-hydrogen) atoms. The highest BCUT2D eigenvalue weighted by Crippen LogP contribution is 2.63. The van der Waals surface area contributed by atoms with Gasteiger partial charge in [0.2, 0.25) is 6.79 Å². The van der Waals surface area contributed by atoms with Crippen molar-refractivity contribution in [1.82, 2.24) is 0 Å². The van der Waals surface area contributed by atoms with E-state index < -0.39 is 17.1 Å². The van der Waals surface area contributed by atoms with E-state index >= 15 is 0 Å². The molecule has 5 atom stereocenters. The maximum Gasteiger partial charge on any atom is 0.231 e. The Kier molecular flexibility index (Phi) is 4.09. The monoisotopic (exact) mass is 372 g/mol. The van der Waals surface area contributed by atoms with Gasteiger partial charge >= 0.3 is 0 Å². The Morgan fingerprint density at radius 1 is 1.33 bits per heavy atom. The largest absolute Gasteiger partial charge is 0.499 e. The first-order chi connectivity index (χ1) is 13.0. The second-order valence-corrected chi connectivity index (χ2v) is 7.39. The number of rotatable bonds is 5. The van der Waals surface area contributed by atoms with E-state index in [9.17, 15) is 9.90 Å². The van der Waals surface area contributed by atoms with Crippen molar-refractivity contribution in [2.45, 2.75) is 31.0 Å². The van der Waals surface area contributed by atoms with Gasteiger partial charge in [0.1, 0.15) is 11.9 Å². The van der Waals surface area contributed by atoms with Crippen LogP contribution in [0.15, 0.2) is 42.7 Å². The molecule has 4 rings (SSSR count). The third kappa shape index (κ3) is 2.11. The average Bonchev–Trinajstić information content (AvgIpc) is 3.18. The second-order valence-electron chi connectivity index (χ2n) is 7.39. The molecule has 1 fully saturated rings. The Labute approximate surface area is 158 Å². The topological polar surface area (TPSA) is 74.2 Å². The fourth-order valence-electron chi connectivity index (χ4n) is 5.14. The van der Waals surface area contributed by atoms with Gasteiger partial charge in [0.15, 0.2) is 22.9 Å². The van der Waals surface area contributed by atoms with Gasteiger partial charge in [-0.15, -0.1) is 6.58 Å². The predicted octanol–water partition coefficient (Wildman–Crippen LogP) is 2.57. The molecule has 0 radical (unpaired) electrons. The maximum absolute atomic E-state index is 13.7. The van der Waals surface area contributed by atoms with Gasteiger partial charge in [-0.1, -0.05) is 19.1 Å². The van der Waals surface area contributed by atoms with Gasteiger partial charge in [-0.3, -0.25) is 4.79 Å². The van der Waals surface area contributed by atoms with Crippen molar-refractivity contribution in [2.24, 2.45) is 11.3 Å². The van der Waals surface area contributed by atoms with Crippen molar-refractivity contribution in [1.29, 1.82) is 0 Å². The molecular weight excluding hydrogens is 348 g/mol. The predicted molar refractivity (Wildman–Crippen MR) is 97.6 cm³/mol. The highest BCUT2D eigenvalue weighted by Gasteiger charge is 2.72. The summed E-state index contributed by atoms with van der Waals surface area (Å²) in [6, 6.07) is 5.61. The zero-order valence-corrected chi connectivity index (χ0v) is 15.7. The molecule has 1 heterocycles. The lowest BCUT2D eigenvalue weighted by atomic mass is 9.70. The van der Waals surface area contributed by atoms with Crippen LogP contribution in [0.5, 0.6) is 11.5 Å². The van der Waals surface area contributed by atoms with Crippen LogP contribution in [0.2, 0.25) is 0 Å². The smallest absolute Gasteiger partial charge is 0.231 e. The van der Waals surface area contributed by atoms with E-state index in [4.69, 9.17) is 18.9 Å². The fourth-order valence-corrected chi connectivity index (χ4v) is 5.14. The standard InChI is InChI=1S/C21H24O6/c1-5-8-20-10-16(24-3)18(22)21(25-4,19(20)23)17(12(20)2)13-6-7-14-15(9-13)27-11-26-14/h5-7,9-10,12,17-18,22H,1,8,11H2,2-4H3/t12-,17+,18-,20+,21-/m0/s1. The molecule has 3 aliphatic rings. The molecule has 0 aromatic heterocycles. The Balaban J connectivity index is 1.93. The van der Waals surface area contributed by atoms with Crippen molar-refractivity contribution < 1.29 is 28.8 Å². The Bertz CT molecular complexity index is 830. The number of ketones is 1. The van der Waals surface area contributed by atoms with Crippen molar-refractivity contribution >= 4 is 5.78 Å². The van der Waals surface area contributed by atoms with Crippen LogP contribution in [0.1, 0.15) is 24.8 Å². The van der Waals surface area contributed by atoms with Crippen LogP contribution in [-0.4, -0.2) is 43.6 Å². The van der Waals surface area contributed by atoms with E-state index in [-0.39, 0.29) is 24.4 Å². The molecule has 144 valence electrons. The molecule has 0 unspecified atom stereocenters. The molecule has 6 nitrogen and oxygen atoms in total. The summed E-state index contributed by atoms with van der Waals surface area (Å²) in [6.07, 6.45) is 2.74. The number of carbonyl (C=O) groups is 1. The quantitative estimate of drug-likeness (QED) is 0.801. The number of aliphatic hydroxyl groups is 1. The van der Waals surface area contributed by atoms with E-state index in [1.54, 1.807) is 12.2 Å². The zero-order valence-electron chi connectivity index (χ0n) is 15.7. The van der Waals surface area contributed by atoms with Gasteiger partial charge in [-0.2, -0.15) is 0 Å². The number of benzene rings is 1. The number of methoxy groups -OCH3 is 2. The lowest BCUT2D eigenvalue weighted by Crippen LogP contribution is -2.57. The molecule has 6 heteroatoms.